The van der Waals surface area contributed by atoms with Crippen molar-refractivity contribution >= 4 is 17.9 Å². The standard InChI is InChI=1S/C11H17N3O3/c15-6-10(16)11(17)9-5-14(7-13-9)8-1-3-12-4-2-8/h6,8-9,12-13H,1-5,7H2. The number of nitrogens with one attached hydrogen (secondary N) is 2. The summed E-state index contributed by atoms with van der Waals surface area (Å²) in [7, 11) is 0. The van der Waals surface area contributed by atoms with Crippen molar-refractivity contribution in [3.63, 3.8) is 0 Å². The summed E-state index contributed by atoms with van der Waals surface area (Å²) in [6.07, 6.45) is 2.21. The van der Waals surface area contributed by atoms with Crippen LogP contribution < -0.4 is 10.6 Å². The Morgan fingerprint density at radius 1 is 1.24 bits per heavy atom. The Kier molecular flexibility index (Phi) is 3.98. The van der Waals surface area contributed by atoms with E-state index >= 15 is 0 Å². The minimum Gasteiger partial charge on any atom is -0.317 e. The van der Waals surface area contributed by atoms with Crippen molar-refractivity contribution in [2.75, 3.05) is 26.3 Å². The molecule has 6 heteroatoms. The average molecular weight is 239 g/mol. The van der Waals surface area contributed by atoms with Crippen LogP contribution in [0.3, 0.4) is 0 Å². The van der Waals surface area contributed by atoms with Crippen LogP contribution in [0.2, 0.25) is 0 Å². The number of carbonyl (C=O) groups is 3. The molecule has 6 nitrogen and oxygen atoms in total. The van der Waals surface area contributed by atoms with E-state index in [4.69, 9.17) is 0 Å². The van der Waals surface area contributed by atoms with Gasteiger partial charge in [0.05, 0.1) is 6.04 Å². The molecule has 2 saturated heterocycles. The first-order chi connectivity index (χ1) is 8.22. The SMILES string of the molecule is O=CC(=O)C(=O)C1CN(C2CCNCC2)CN1. The maximum absolute atomic E-state index is 11.5. The molecule has 2 N–H and O–H groups in total. The predicted molar refractivity (Wildman–Crippen MR) is 60.5 cm³/mol. The Labute approximate surface area is 99.7 Å². The van der Waals surface area contributed by atoms with Crippen molar-refractivity contribution in [1.82, 2.24) is 15.5 Å². The molecule has 2 aliphatic heterocycles. The average Bonchev–Trinajstić information content (AvgIpc) is 2.87. The molecule has 17 heavy (non-hydrogen) atoms. The largest absolute Gasteiger partial charge is 0.317 e. The lowest BCUT2D eigenvalue weighted by atomic mass is 10.0. The van der Waals surface area contributed by atoms with Gasteiger partial charge in [0.15, 0.2) is 6.29 Å². The summed E-state index contributed by atoms with van der Waals surface area (Å²) in [6.45, 7) is 3.14. The fourth-order valence-electron chi connectivity index (χ4n) is 2.45. The molecule has 2 rings (SSSR count). The summed E-state index contributed by atoms with van der Waals surface area (Å²) in [5.74, 6) is -1.55. The third kappa shape index (κ3) is 2.77. The molecule has 0 aliphatic carbocycles. The highest BCUT2D eigenvalue weighted by Crippen LogP contribution is 2.15. The molecule has 2 fully saturated rings. The molecule has 0 radical (unpaired) electrons. The van der Waals surface area contributed by atoms with E-state index in [2.05, 4.69) is 15.5 Å². The molecule has 2 heterocycles. The van der Waals surface area contributed by atoms with Crippen molar-refractivity contribution in [3.8, 4) is 0 Å². The van der Waals surface area contributed by atoms with Gasteiger partial charge in [0, 0.05) is 19.3 Å². The van der Waals surface area contributed by atoms with E-state index in [-0.39, 0.29) is 6.29 Å². The van der Waals surface area contributed by atoms with Crippen LogP contribution >= 0.6 is 0 Å². The van der Waals surface area contributed by atoms with E-state index in [1.807, 2.05) is 0 Å². The molecule has 0 aromatic carbocycles. The Hall–Kier alpha value is -1.11. The summed E-state index contributed by atoms with van der Waals surface area (Å²) in [4.78, 5) is 35.0. The molecule has 0 bridgehead atoms. The van der Waals surface area contributed by atoms with Gasteiger partial charge in [-0.15, -0.1) is 0 Å². The summed E-state index contributed by atoms with van der Waals surface area (Å²) in [5, 5.41) is 6.28. The lowest BCUT2D eigenvalue weighted by Gasteiger charge is -2.30. The number of Topliss-reactive ketones (excluding diaryl/α,β-unsaturated/α-hetero) is 2. The minimum absolute atomic E-state index is 0.0944. The van der Waals surface area contributed by atoms with Gasteiger partial charge in [0.2, 0.25) is 5.78 Å². The molecule has 0 saturated carbocycles. The van der Waals surface area contributed by atoms with Gasteiger partial charge >= 0.3 is 0 Å². The van der Waals surface area contributed by atoms with Gasteiger partial charge in [-0.1, -0.05) is 0 Å². The fraction of sp³-hybridized carbons (Fsp3) is 0.727. The third-order valence-corrected chi connectivity index (χ3v) is 3.45. The first-order valence-electron chi connectivity index (χ1n) is 5.94. The summed E-state index contributed by atoms with van der Waals surface area (Å²) in [6, 6.07) is -0.0459. The lowest BCUT2D eigenvalue weighted by Crippen LogP contribution is -2.43. The first-order valence-corrected chi connectivity index (χ1v) is 5.94. The number of nitrogens with zero attached hydrogens (tertiary/aromatic N) is 1. The number of rotatable bonds is 4. The maximum atomic E-state index is 11.5. The summed E-state index contributed by atoms with van der Waals surface area (Å²) in [5.41, 5.74) is 0. The first kappa shape index (κ1) is 12.3. The molecule has 94 valence electrons. The maximum Gasteiger partial charge on any atom is 0.262 e. The quantitative estimate of drug-likeness (QED) is 0.346. The molecule has 0 aromatic heterocycles. The van der Waals surface area contributed by atoms with E-state index in [0.29, 0.717) is 19.3 Å². The van der Waals surface area contributed by atoms with Crippen molar-refractivity contribution < 1.29 is 14.4 Å². The molecular weight excluding hydrogens is 222 g/mol. The van der Waals surface area contributed by atoms with Gasteiger partial charge in [0.25, 0.3) is 5.78 Å². The zero-order chi connectivity index (χ0) is 12.3. The van der Waals surface area contributed by atoms with E-state index in [9.17, 15) is 14.4 Å². The van der Waals surface area contributed by atoms with Gasteiger partial charge in [-0.25, -0.2) is 0 Å². The second kappa shape index (κ2) is 5.48. The zero-order valence-electron chi connectivity index (χ0n) is 9.65. The Bertz CT molecular complexity index is 326. The molecule has 1 unspecified atom stereocenters. The molecule has 0 spiro atoms. The van der Waals surface area contributed by atoms with E-state index in [0.717, 1.165) is 25.9 Å². The summed E-state index contributed by atoms with van der Waals surface area (Å²) >= 11 is 0. The highest BCUT2D eigenvalue weighted by Gasteiger charge is 2.34. The van der Waals surface area contributed by atoms with Gasteiger partial charge < -0.3 is 5.32 Å². The van der Waals surface area contributed by atoms with Crippen LogP contribution in [0.25, 0.3) is 0 Å². The van der Waals surface area contributed by atoms with Crippen LogP contribution in [-0.2, 0) is 14.4 Å². The number of hydrogen-bond donors (Lipinski definition) is 2. The van der Waals surface area contributed by atoms with Crippen molar-refractivity contribution in [3.05, 3.63) is 0 Å². The second-order valence-corrected chi connectivity index (χ2v) is 4.51. The number of ketones is 2. The topological polar surface area (TPSA) is 78.5 Å². The number of hydrogen-bond acceptors (Lipinski definition) is 6. The zero-order valence-corrected chi connectivity index (χ0v) is 9.65. The Morgan fingerprint density at radius 3 is 2.59 bits per heavy atom. The van der Waals surface area contributed by atoms with Crippen molar-refractivity contribution in [2.24, 2.45) is 0 Å². The molecular formula is C11H17N3O3. The van der Waals surface area contributed by atoms with Gasteiger partial charge in [-0.05, 0) is 25.9 Å². The van der Waals surface area contributed by atoms with Crippen molar-refractivity contribution in [2.45, 2.75) is 24.9 Å². The van der Waals surface area contributed by atoms with E-state index in [1.54, 1.807) is 0 Å². The Morgan fingerprint density at radius 2 is 1.94 bits per heavy atom. The van der Waals surface area contributed by atoms with E-state index in [1.165, 1.54) is 0 Å². The van der Waals surface area contributed by atoms with Gasteiger partial charge in [0.1, 0.15) is 0 Å². The number of piperidine rings is 1. The molecule has 2 aliphatic rings. The van der Waals surface area contributed by atoms with Crippen LogP contribution in [0.4, 0.5) is 0 Å². The van der Waals surface area contributed by atoms with Crippen LogP contribution in [-0.4, -0.2) is 61.1 Å². The van der Waals surface area contributed by atoms with Crippen LogP contribution in [0.5, 0.6) is 0 Å². The minimum atomic E-state index is -0.935. The number of carbonyl (C=O) groups excluding carboxylic acids is 3. The number of aldehydes is 1. The summed E-state index contributed by atoms with van der Waals surface area (Å²) < 4.78 is 0. The highest BCUT2D eigenvalue weighted by molar-refractivity contribution is 6.59. The normalized spacial score (nSPS) is 26.9. The second-order valence-electron chi connectivity index (χ2n) is 4.51. The fourth-order valence-corrected chi connectivity index (χ4v) is 2.45. The Balaban J connectivity index is 1.88. The molecule has 0 aromatic rings. The highest BCUT2D eigenvalue weighted by atomic mass is 16.2. The van der Waals surface area contributed by atoms with Gasteiger partial charge in [-0.2, -0.15) is 0 Å². The van der Waals surface area contributed by atoms with Crippen LogP contribution in [0.1, 0.15) is 12.8 Å². The smallest absolute Gasteiger partial charge is 0.262 e. The van der Waals surface area contributed by atoms with Gasteiger partial charge in [-0.3, -0.25) is 24.6 Å². The lowest BCUT2D eigenvalue weighted by molar-refractivity contribution is -0.140. The predicted octanol–water partition coefficient (Wildman–Crippen LogP) is -1.69. The monoisotopic (exact) mass is 239 g/mol. The van der Waals surface area contributed by atoms with Crippen molar-refractivity contribution in [1.29, 1.82) is 0 Å². The van der Waals surface area contributed by atoms with E-state index < -0.39 is 17.6 Å². The molecule has 1 atom stereocenters. The van der Waals surface area contributed by atoms with Crippen LogP contribution in [0, 0.1) is 0 Å². The third-order valence-electron chi connectivity index (χ3n) is 3.45. The molecule has 0 amide bonds. The van der Waals surface area contributed by atoms with Crippen LogP contribution in [0.15, 0.2) is 0 Å².